The van der Waals surface area contributed by atoms with E-state index in [0.29, 0.717) is 27.7 Å². The number of rotatable bonds is 6. The Bertz CT molecular complexity index is 1240. The summed E-state index contributed by atoms with van der Waals surface area (Å²) in [5, 5.41) is 4.39. The first kappa shape index (κ1) is 20.0. The van der Waals surface area contributed by atoms with Crippen LogP contribution in [0.2, 0.25) is 5.02 Å². The second-order valence-electron chi connectivity index (χ2n) is 7.10. The quantitative estimate of drug-likeness (QED) is 0.246. The number of hydrazine groups is 1. The molecular weight excluding hydrogens is 450 g/mol. The number of aromatic nitrogens is 2. The van der Waals surface area contributed by atoms with E-state index in [1.54, 1.807) is 11.3 Å². The van der Waals surface area contributed by atoms with Gasteiger partial charge in [-0.15, -0.1) is 11.3 Å². The molecule has 9 heteroatoms. The van der Waals surface area contributed by atoms with Gasteiger partial charge in [0.2, 0.25) is 0 Å². The molecule has 0 atom stereocenters. The van der Waals surface area contributed by atoms with Gasteiger partial charge < -0.3 is 10.1 Å². The second kappa shape index (κ2) is 8.66. The maximum absolute atomic E-state index is 6.59. The summed E-state index contributed by atoms with van der Waals surface area (Å²) < 4.78 is 6.79. The van der Waals surface area contributed by atoms with Crippen molar-refractivity contribution >= 4 is 56.3 Å². The monoisotopic (exact) mass is 467 g/mol. The van der Waals surface area contributed by atoms with E-state index in [1.807, 2.05) is 54.6 Å². The van der Waals surface area contributed by atoms with E-state index in [-0.39, 0.29) is 0 Å². The smallest absolute Gasteiger partial charge is 0.185 e. The lowest BCUT2D eigenvalue weighted by molar-refractivity contribution is 0.483. The van der Waals surface area contributed by atoms with E-state index >= 15 is 0 Å². The highest BCUT2D eigenvalue weighted by Crippen LogP contribution is 2.40. The fourth-order valence-electron chi connectivity index (χ4n) is 3.03. The minimum atomic E-state index is 0.483. The van der Waals surface area contributed by atoms with E-state index in [0.717, 1.165) is 39.2 Å². The topological polar surface area (TPSA) is 71.1 Å². The Balaban J connectivity index is 1.36. The molecule has 0 amide bonds. The first-order valence-electron chi connectivity index (χ1n) is 9.75. The van der Waals surface area contributed by atoms with Crippen molar-refractivity contribution in [3.63, 3.8) is 0 Å². The number of halogens is 1. The van der Waals surface area contributed by atoms with Gasteiger partial charge in [0.05, 0.1) is 15.2 Å². The Morgan fingerprint density at radius 1 is 1.06 bits per heavy atom. The van der Waals surface area contributed by atoms with Crippen LogP contribution in [0, 0.1) is 0 Å². The number of nitrogens with zero attached hydrogens (tertiary/aromatic N) is 2. The standard InChI is InChI=1S/C22H18ClN5OS2/c23-17-10-15(29-14-4-2-1-3-5-14)8-9-16(17)19-11-18-20(31-19)21(25-12-24-18)27-28-22(30)26-13-6-7-13/h1-5,8-13H,6-7H2,(H,24,25,27)(H2,26,28,30). The molecule has 1 saturated carbocycles. The lowest BCUT2D eigenvalue weighted by Crippen LogP contribution is -2.40. The van der Waals surface area contributed by atoms with Gasteiger partial charge in [0, 0.05) is 22.5 Å². The van der Waals surface area contributed by atoms with Crippen molar-refractivity contribution in [3.8, 4) is 21.9 Å². The van der Waals surface area contributed by atoms with Gasteiger partial charge >= 0.3 is 0 Å². The molecule has 0 spiro atoms. The maximum Gasteiger partial charge on any atom is 0.185 e. The average Bonchev–Trinajstić information content (AvgIpc) is 3.47. The minimum Gasteiger partial charge on any atom is -0.457 e. The predicted octanol–water partition coefficient (Wildman–Crippen LogP) is 5.76. The normalized spacial score (nSPS) is 13.1. The molecule has 0 aliphatic heterocycles. The van der Waals surface area contributed by atoms with Crippen LogP contribution in [-0.4, -0.2) is 21.1 Å². The summed E-state index contributed by atoms with van der Waals surface area (Å²) in [7, 11) is 0. The van der Waals surface area contributed by atoms with Crippen LogP contribution in [0.5, 0.6) is 11.5 Å². The number of anilines is 1. The molecule has 0 bridgehead atoms. The molecule has 0 radical (unpaired) electrons. The highest BCUT2D eigenvalue weighted by molar-refractivity contribution is 7.80. The summed E-state index contributed by atoms with van der Waals surface area (Å²) in [5.41, 5.74) is 7.83. The number of nitrogens with one attached hydrogen (secondary N) is 3. The van der Waals surface area contributed by atoms with Gasteiger partial charge in [-0.1, -0.05) is 29.8 Å². The molecule has 2 aromatic heterocycles. The molecule has 0 saturated heterocycles. The summed E-state index contributed by atoms with van der Waals surface area (Å²) in [5.74, 6) is 2.12. The fourth-order valence-corrected chi connectivity index (χ4v) is 4.67. The van der Waals surface area contributed by atoms with Crippen molar-refractivity contribution in [1.29, 1.82) is 0 Å². The zero-order valence-electron chi connectivity index (χ0n) is 16.3. The van der Waals surface area contributed by atoms with Crippen molar-refractivity contribution in [2.75, 3.05) is 5.43 Å². The molecule has 1 aliphatic rings. The number of fused-ring (bicyclic) bond motifs is 1. The minimum absolute atomic E-state index is 0.483. The highest BCUT2D eigenvalue weighted by atomic mass is 35.5. The number of hydrogen-bond donors (Lipinski definition) is 3. The Labute approximate surface area is 193 Å². The number of para-hydroxylation sites is 1. The number of hydrogen-bond acceptors (Lipinski definition) is 6. The summed E-state index contributed by atoms with van der Waals surface area (Å²) in [6.07, 6.45) is 3.84. The molecule has 6 nitrogen and oxygen atoms in total. The molecule has 1 aliphatic carbocycles. The van der Waals surface area contributed by atoms with E-state index in [4.69, 9.17) is 28.6 Å². The van der Waals surface area contributed by atoms with E-state index in [1.165, 1.54) is 6.33 Å². The third-order valence-corrected chi connectivity index (χ3v) is 6.40. The van der Waals surface area contributed by atoms with E-state index < -0.39 is 0 Å². The molecule has 4 aromatic rings. The van der Waals surface area contributed by atoms with Crippen LogP contribution >= 0.6 is 35.2 Å². The lowest BCUT2D eigenvalue weighted by atomic mass is 10.2. The SMILES string of the molecule is S=C(NNc1ncnc2cc(-c3ccc(Oc4ccccc4)cc3Cl)sc12)NC1CC1. The molecule has 3 N–H and O–H groups in total. The first-order chi connectivity index (χ1) is 15.2. The largest absolute Gasteiger partial charge is 0.457 e. The lowest BCUT2D eigenvalue weighted by Gasteiger charge is -2.11. The molecule has 0 unspecified atom stereocenters. The molecule has 2 heterocycles. The zero-order valence-corrected chi connectivity index (χ0v) is 18.7. The van der Waals surface area contributed by atoms with Crippen LogP contribution < -0.4 is 20.9 Å². The fraction of sp³-hybridized carbons (Fsp3) is 0.136. The number of ether oxygens (including phenoxy) is 1. The maximum atomic E-state index is 6.59. The molecule has 5 rings (SSSR count). The predicted molar refractivity (Wildman–Crippen MR) is 130 cm³/mol. The number of thiophene rings is 1. The van der Waals surface area contributed by atoms with Crippen LogP contribution in [-0.2, 0) is 0 Å². The molecule has 156 valence electrons. The van der Waals surface area contributed by atoms with Crippen LogP contribution in [0.3, 0.4) is 0 Å². The summed E-state index contributed by atoms with van der Waals surface area (Å²) in [6, 6.07) is 17.8. The van der Waals surface area contributed by atoms with Crippen molar-refractivity contribution in [1.82, 2.24) is 20.7 Å². The van der Waals surface area contributed by atoms with Gasteiger partial charge in [-0.3, -0.25) is 10.9 Å². The highest BCUT2D eigenvalue weighted by Gasteiger charge is 2.21. The van der Waals surface area contributed by atoms with Crippen LogP contribution in [0.4, 0.5) is 5.82 Å². The van der Waals surface area contributed by atoms with Gasteiger partial charge in [0.1, 0.15) is 17.8 Å². The van der Waals surface area contributed by atoms with E-state index in [2.05, 4.69) is 26.1 Å². The Hall–Kier alpha value is -2.94. The van der Waals surface area contributed by atoms with Crippen molar-refractivity contribution in [3.05, 3.63) is 65.9 Å². The van der Waals surface area contributed by atoms with Gasteiger partial charge in [-0.2, -0.15) is 0 Å². The summed E-state index contributed by atoms with van der Waals surface area (Å²) >= 11 is 13.5. The molecule has 31 heavy (non-hydrogen) atoms. The molecule has 1 fully saturated rings. The second-order valence-corrected chi connectivity index (χ2v) is 8.97. The first-order valence-corrected chi connectivity index (χ1v) is 11.4. The van der Waals surface area contributed by atoms with Gasteiger partial charge in [0.15, 0.2) is 10.9 Å². The van der Waals surface area contributed by atoms with E-state index in [9.17, 15) is 0 Å². The van der Waals surface area contributed by atoms with Crippen molar-refractivity contribution in [2.45, 2.75) is 18.9 Å². The third kappa shape index (κ3) is 4.71. The zero-order chi connectivity index (χ0) is 21.2. The Kier molecular flexibility index (Phi) is 5.59. The average molecular weight is 468 g/mol. The molecular formula is C22H18ClN5OS2. The number of benzene rings is 2. The Morgan fingerprint density at radius 3 is 2.68 bits per heavy atom. The number of thiocarbonyl (C=S) groups is 1. The van der Waals surface area contributed by atoms with Crippen molar-refractivity contribution < 1.29 is 4.74 Å². The van der Waals surface area contributed by atoms with Gasteiger partial charge in [-0.25, -0.2) is 9.97 Å². The van der Waals surface area contributed by atoms with Gasteiger partial charge in [-0.05, 0) is 55.4 Å². The Morgan fingerprint density at radius 2 is 1.90 bits per heavy atom. The van der Waals surface area contributed by atoms with Crippen molar-refractivity contribution in [2.24, 2.45) is 0 Å². The molecule has 2 aromatic carbocycles. The van der Waals surface area contributed by atoms with Gasteiger partial charge in [0.25, 0.3) is 0 Å². The summed E-state index contributed by atoms with van der Waals surface area (Å²) in [6.45, 7) is 0. The van der Waals surface area contributed by atoms with Crippen LogP contribution in [0.15, 0.2) is 60.9 Å². The third-order valence-electron chi connectivity index (χ3n) is 4.70. The van der Waals surface area contributed by atoms with Crippen LogP contribution in [0.1, 0.15) is 12.8 Å². The summed E-state index contributed by atoms with van der Waals surface area (Å²) in [4.78, 5) is 9.74. The van der Waals surface area contributed by atoms with Crippen LogP contribution in [0.25, 0.3) is 20.7 Å².